The van der Waals surface area contributed by atoms with E-state index in [-0.39, 0.29) is 18.5 Å². The van der Waals surface area contributed by atoms with E-state index in [1.807, 2.05) is 6.08 Å². The molecule has 0 aromatic carbocycles. The molecule has 11 heteroatoms. The fourth-order valence-corrected chi connectivity index (χ4v) is 9.69. The molecule has 0 saturated carbocycles. The molecule has 7 atom stereocenters. The summed E-state index contributed by atoms with van der Waals surface area (Å²) in [5.74, 6) is -0.229. The van der Waals surface area contributed by atoms with Crippen LogP contribution in [-0.4, -0.2) is 100 Å². The maximum absolute atomic E-state index is 13.1. The zero-order valence-electron chi connectivity index (χ0n) is 51.0. The first-order chi connectivity index (χ1) is 39.2. The van der Waals surface area contributed by atoms with Crippen molar-refractivity contribution in [1.29, 1.82) is 0 Å². The summed E-state index contributed by atoms with van der Waals surface area (Å²) in [6.07, 6.45) is 68.2. The van der Waals surface area contributed by atoms with Crippen molar-refractivity contribution < 1.29 is 49.3 Å². The van der Waals surface area contributed by atoms with Gasteiger partial charge in [0, 0.05) is 12.8 Å². The molecule has 1 saturated heterocycles. The van der Waals surface area contributed by atoms with E-state index in [0.717, 1.165) is 116 Å². The minimum atomic E-state index is -1.59. The zero-order valence-corrected chi connectivity index (χ0v) is 51.0. The Labute approximate surface area is 489 Å². The molecule has 1 aliphatic rings. The van der Waals surface area contributed by atoms with E-state index in [9.17, 15) is 35.1 Å². The number of allylic oxidation sites excluding steroid dienone is 13. The van der Waals surface area contributed by atoms with Gasteiger partial charge in [-0.1, -0.05) is 234 Å². The molecule has 0 spiro atoms. The van der Waals surface area contributed by atoms with Crippen LogP contribution in [0.2, 0.25) is 0 Å². The standard InChI is InChI=1S/C69H121NO10/c1-3-5-7-9-11-13-15-17-28-31-35-39-43-47-51-55-62(72)61(60-79-69-68(77)67(76)66(75)63(59-71)80-69)70-64(73)56-52-48-44-40-36-32-29-26-24-22-20-19-21-23-25-27-30-34-38-42-46-50-54-58-78-65(74)57-53-49-45-41-37-33-18-16-14-12-10-8-6-4-2/h10,12,15-19,21-22,24,35,39,51,55,61-63,66-69,71-72,75-77H,3-9,11,13-14,20,23,25-34,36-38,40-50,52-54,56-60H2,1-2H3,(H,70,73)/b12-10-,17-15+,18-16-,21-19-,24-22-,39-35+,55-51+. The Morgan fingerprint density at radius 3 is 1.35 bits per heavy atom. The Hall–Kier alpha value is -3.16. The second-order valence-electron chi connectivity index (χ2n) is 22.4. The van der Waals surface area contributed by atoms with Crippen molar-refractivity contribution in [1.82, 2.24) is 5.32 Å². The molecule has 0 radical (unpaired) electrons. The average Bonchev–Trinajstić information content (AvgIpc) is 3.45. The first-order valence-electron chi connectivity index (χ1n) is 32.9. The largest absolute Gasteiger partial charge is 0.466 e. The summed E-state index contributed by atoms with van der Waals surface area (Å²) >= 11 is 0. The predicted octanol–water partition coefficient (Wildman–Crippen LogP) is 16.1. The van der Waals surface area contributed by atoms with E-state index in [1.54, 1.807) is 6.08 Å². The maximum Gasteiger partial charge on any atom is 0.305 e. The van der Waals surface area contributed by atoms with Gasteiger partial charge < -0.3 is 45.1 Å². The highest BCUT2D eigenvalue weighted by atomic mass is 16.7. The summed E-state index contributed by atoms with van der Waals surface area (Å²) < 4.78 is 16.7. The van der Waals surface area contributed by atoms with Crippen molar-refractivity contribution in [3.05, 3.63) is 85.1 Å². The summed E-state index contributed by atoms with van der Waals surface area (Å²) in [4.78, 5) is 25.1. The number of amides is 1. The van der Waals surface area contributed by atoms with Gasteiger partial charge >= 0.3 is 5.97 Å². The molecular weight excluding hydrogens is 1000 g/mol. The van der Waals surface area contributed by atoms with Gasteiger partial charge in [-0.15, -0.1) is 0 Å². The van der Waals surface area contributed by atoms with Crippen LogP contribution < -0.4 is 5.32 Å². The van der Waals surface area contributed by atoms with Crippen molar-refractivity contribution in [2.75, 3.05) is 19.8 Å². The molecule has 0 aromatic rings. The fraction of sp³-hybridized carbons (Fsp3) is 0.768. The molecular formula is C69H121NO10. The van der Waals surface area contributed by atoms with Gasteiger partial charge in [0.15, 0.2) is 6.29 Å². The molecule has 462 valence electrons. The molecule has 1 amide bonds. The molecule has 1 aliphatic heterocycles. The third-order valence-corrected chi connectivity index (χ3v) is 14.9. The fourth-order valence-electron chi connectivity index (χ4n) is 9.69. The Balaban J connectivity index is 2.09. The molecule has 1 rings (SSSR count). The van der Waals surface area contributed by atoms with E-state index < -0.39 is 49.5 Å². The van der Waals surface area contributed by atoms with Crippen molar-refractivity contribution in [3.8, 4) is 0 Å². The monoisotopic (exact) mass is 1120 g/mol. The summed E-state index contributed by atoms with van der Waals surface area (Å²) in [6.45, 7) is 4.25. The third kappa shape index (κ3) is 46.3. The van der Waals surface area contributed by atoms with Gasteiger partial charge in [-0.05, 0) is 116 Å². The molecule has 11 nitrogen and oxygen atoms in total. The van der Waals surface area contributed by atoms with Gasteiger partial charge in [0.05, 0.1) is 32.0 Å². The number of unbranched alkanes of at least 4 members (excludes halogenated alkanes) is 30. The highest BCUT2D eigenvalue weighted by Gasteiger charge is 2.44. The van der Waals surface area contributed by atoms with Crippen molar-refractivity contribution in [2.45, 2.75) is 320 Å². The van der Waals surface area contributed by atoms with E-state index in [0.29, 0.717) is 19.4 Å². The molecule has 6 N–H and O–H groups in total. The number of rotatable bonds is 56. The van der Waals surface area contributed by atoms with Crippen LogP contribution in [0.5, 0.6) is 0 Å². The average molecular weight is 1120 g/mol. The van der Waals surface area contributed by atoms with Crippen LogP contribution in [-0.2, 0) is 23.8 Å². The number of nitrogens with one attached hydrogen (secondary N) is 1. The Morgan fingerprint density at radius 1 is 0.463 bits per heavy atom. The number of esters is 1. The first-order valence-corrected chi connectivity index (χ1v) is 32.9. The smallest absolute Gasteiger partial charge is 0.305 e. The van der Waals surface area contributed by atoms with E-state index in [4.69, 9.17) is 14.2 Å². The SMILES string of the molecule is CCCC/C=C\C/C=C\CCCCCCCC(=O)OCCCCCCCCCCC/C=C\C/C=C\CCCCCCCCCC(=O)NC(COC1OC(CO)C(O)C(O)C1O)C(O)/C=C/CC/C=C/CC/C=C/CCCCCCC. The van der Waals surface area contributed by atoms with E-state index >= 15 is 0 Å². The third-order valence-electron chi connectivity index (χ3n) is 14.9. The van der Waals surface area contributed by atoms with Gasteiger partial charge in [0.1, 0.15) is 24.4 Å². The van der Waals surface area contributed by atoms with Gasteiger partial charge in [-0.25, -0.2) is 0 Å². The van der Waals surface area contributed by atoms with Crippen LogP contribution in [0, 0.1) is 0 Å². The summed E-state index contributed by atoms with van der Waals surface area (Å²) in [5.41, 5.74) is 0. The normalized spacial score (nSPS) is 18.9. The summed E-state index contributed by atoms with van der Waals surface area (Å²) in [7, 11) is 0. The minimum absolute atomic E-state index is 0.0211. The highest BCUT2D eigenvalue weighted by Crippen LogP contribution is 2.23. The Kier molecular flexibility index (Phi) is 53.9. The molecule has 1 heterocycles. The van der Waals surface area contributed by atoms with Crippen molar-refractivity contribution >= 4 is 11.9 Å². The van der Waals surface area contributed by atoms with Gasteiger partial charge in [-0.2, -0.15) is 0 Å². The number of carbonyl (C=O) groups is 2. The van der Waals surface area contributed by atoms with Crippen LogP contribution in [0.1, 0.15) is 277 Å². The number of hydrogen-bond acceptors (Lipinski definition) is 10. The lowest BCUT2D eigenvalue weighted by atomic mass is 9.99. The molecule has 0 aliphatic carbocycles. The van der Waals surface area contributed by atoms with Crippen LogP contribution in [0.15, 0.2) is 85.1 Å². The molecule has 0 aromatic heterocycles. The molecule has 0 bridgehead atoms. The number of carbonyl (C=O) groups excluding carboxylic acids is 2. The van der Waals surface area contributed by atoms with Gasteiger partial charge in [0.2, 0.25) is 5.91 Å². The summed E-state index contributed by atoms with van der Waals surface area (Å²) in [5, 5.41) is 54.4. The maximum atomic E-state index is 13.1. The second kappa shape index (κ2) is 57.6. The van der Waals surface area contributed by atoms with Crippen molar-refractivity contribution in [2.24, 2.45) is 0 Å². The second-order valence-corrected chi connectivity index (χ2v) is 22.4. The zero-order chi connectivity index (χ0) is 58.0. The van der Waals surface area contributed by atoms with Gasteiger partial charge in [0.25, 0.3) is 0 Å². The summed E-state index contributed by atoms with van der Waals surface area (Å²) in [6, 6.07) is -0.845. The number of aliphatic hydroxyl groups is 5. The van der Waals surface area contributed by atoms with E-state index in [2.05, 4.69) is 92.1 Å². The highest BCUT2D eigenvalue weighted by molar-refractivity contribution is 5.76. The number of ether oxygens (including phenoxy) is 3. The topological polar surface area (TPSA) is 175 Å². The lowest BCUT2D eigenvalue weighted by Crippen LogP contribution is -2.60. The Bertz CT molecular complexity index is 1600. The van der Waals surface area contributed by atoms with Gasteiger partial charge in [-0.3, -0.25) is 9.59 Å². The van der Waals surface area contributed by atoms with Crippen molar-refractivity contribution in [3.63, 3.8) is 0 Å². The first kappa shape index (κ1) is 74.9. The lowest BCUT2D eigenvalue weighted by Gasteiger charge is -2.40. The molecule has 1 fully saturated rings. The predicted molar refractivity (Wildman–Crippen MR) is 333 cm³/mol. The quantitative estimate of drug-likeness (QED) is 0.0195. The Morgan fingerprint density at radius 2 is 0.863 bits per heavy atom. The van der Waals surface area contributed by atoms with Crippen LogP contribution in [0.25, 0.3) is 0 Å². The van der Waals surface area contributed by atoms with Crippen LogP contribution in [0.3, 0.4) is 0 Å². The molecule has 7 unspecified atom stereocenters. The molecule has 80 heavy (non-hydrogen) atoms. The van der Waals surface area contributed by atoms with E-state index in [1.165, 1.54) is 135 Å². The van der Waals surface area contributed by atoms with Crippen LogP contribution in [0.4, 0.5) is 0 Å². The minimum Gasteiger partial charge on any atom is -0.466 e. The van der Waals surface area contributed by atoms with Crippen LogP contribution >= 0.6 is 0 Å². The number of hydrogen-bond donors (Lipinski definition) is 6. The lowest BCUT2D eigenvalue weighted by molar-refractivity contribution is -0.302. The number of aliphatic hydroxyl groups excluding tert-OH is 5.